The number of likely N-dealkylation sites (N-methyl/N-ethyl adjacent to an activating group) is 1. The van der Waals surface area contributed by atoms with Gasteiger partial charge in [-0.2, -0.15) is 9.97 Å². The number of piperazine rings is 1. The first kappa shape index (κ1) is 26.4. The fourth-order valence-corrected chi connectivity index (χ4v) is 6.48. The third-order valence-electron chi connectivity index (χ3n) is 8.77. The number of nitrogens with zero attached hydrogens (tertiary/aromatic N) is 6. The number of anilines is 2. The van der Waals surface area contributed by atoms with E-state index in [1.54, 1.807) is 6.07 Å². The van der Waals surface area contributed by atoms with Crippen LogP contribution >= 0.6 is 0 Å². The Morgan fingerprint density at radius 3 is 2.70 bits per heavy atom. The summed E-state index contributed by atoms with van der Waals surface area (Å²) in [4.78, 5) is 30.0. The van der Waals surface area contributed by atoms with Gasteiger partial charge in [0.05, 0.1) is 12.2 Å². The summed E-state index contributed by atoms with van der Waals surface area (Å²) in [5.41, 5.74) is 2.99. The van der Waals surface area contributed by atoms with E-state index in [1.165, 1.54) is 4.90 Å². The number of phenols is 1. The van der Waals surface area contributed by atoms with Crippen molar-refractivity contribution in [2.75, 3.05) is 49.6 Å². The molecule has 212 valence electrons. The predicted octanol–water partition coefficient (Wildman–Crippen LogP) is 3.95. The quantitative estimate of drug-likeness (QED) is 0.492. The number of carbonyl (C=O) groups is 1. The molecule has 0 bridgehead atoms. The third kappa shape index (κ3) is 4.96. The molecular weight excluding hydrogens is 508 g/mol. The van der Waals surface area contributed by atoms with Crippen molar-refractivity contribution in [3.63, 3.8) is 0 Å². The molecule has 1 aromatic heterocycles. The van der Waals surface area contributed by atoms with Crippen molar-refractivity contribution in [2.45, 2.75) is 57.8 Å². The highest BCUT2D eigenvalue weighted by Crippen LogP contribution is 2.37. The Hall–Kier alpha value is -3.79. The van der Waals surface area contributed by atoms with E-state index in [2.05, 4.69) is 34.7 Å². The number of aromatic nitrogens is 2. The fraction of sp³-hybridized carbons (Fsp3) is 0.500. The lowest BCUT2D eigenvalue weighted by molar-refractivity contribution is 0.114. The number of phenolic OH excluding ortho intramolecular Hbond substituents is 1. The van der Waals surface area contributed by atoms with Crippen LogP contribution in [0.1, 0.15) is 37.9 Å². The molecule has 0 unspecified atom stereocenters. The molecule has 6 rings (SSSR count). The van der Waals surface area contributed by atoms with Crippen molar-refractivity contribution in [3.05, 3.63) is 47.7 Å². The predicted molar refractivity (Wildman–Crippen MR) is 155 cm³/mol. The summed E-state index contributed by atoms with van der Waals surface area (Å²) in [6, 6.07) is 12.3. The van der Waals surface area contributed by atoms with Crippen LogP contribution in [0.15, 0.2) is 36.4 Å². The molecule has 0 saturated carbocycles. The van der Waals surface area contributed by atoms with Crippen LogP contribution in [0.2, 0.25) is 0 Å². The molecule has 0 aliphatic carbocycles. The Balaban J connectivity index is 1.35. The number of hydrogen-bond acceptors (Lipinski definition) is 8. The van der Waals surface area contributed by atoms with Crippen LogP contribution < -0.4 is 14.5 Å². The third-order valence-corrected chi connectivity index (χ3v) is 8.77. The normalized spacial score (nSPS) is 23.5. The van der Waals surface area contributed by atoms with Gasteiger partial charge in [0.2, 0.25) is 0 Å². The molecule has 2 fully saturated rings. The van der Waals surface area contributed by atoms with E-state index in [0.29, 0.717) is 38.3 Å². The molecule has 10 nitrogen and oxygen atoms in total. The number of ether oxygens (including phenoxy) is 1. The van der Waals surface area contributed by atoms with Gasteiger partial charge in [-0.05, 0) is 58.2 Å². The Bertz CT molecular complexity index is 1420. The number of aromatic hydroxyl groups is 1. The van der Waals surface area contributed by atoms with Crippen LogP contribution in [-0.2, 0) is 13.0 Å². The smallest absolute Gasteiger partial charge is 0.407 e. The van der Waals surface area contributed by atoms with E-state index in [0.717, 1.165) is 65.9 Å². The van der Waals surface area contributed by atoms with Crippen molar-refractivity contribution < 1.29 is 19.7 Å². The van der Waals surface area contributed by atoms with Gasteiger partial charge in [-0.1, -0.05) is 24.3 Å². The molecular formula is C30H38N6O4. The first-order valence-electron chi connectivity index (χ1n) is 14.2. The Morgan fingerprint density at radius 1 is 1.10 bits per heavy atom. The average Bonchev–Trinajstić information content (AvgIpc) is 3.35. The van der Waals surface area contributed by atoms with Crippen LogP contribution in [0.5, 0.6) is 11.8 Å². The zero-order chi connectivity index (χ0) is 28.0. The van der Waals surface area contributed by atoms with Gasteiger partial charge in [-0.25, -0.2) is 4.79 Å². The number of likely N-dealkylation sites (tertiary alicyclic amines) is 1. The summed E-state index contributed by atoms with van der Waals surface area (Å²) in [5.74, 6) is 1.09. The lowest BCUT2D eigenvalue weighted by Crippen LogP contribution is -2.58. The maximum Gasteiger partial charge on any atom is 0.407 e. The van der Waals surface area contributed by atoms with Gasteiger partial charge >= 0.3 is 12.1 Å². The Morgan fingerprint density at radius 2 is 1.93 bits per heavy atom. The molecule has 2 N–H and O–H groups in total. The highest BCUT2D eigenvalue weighted by atomic mass is 16.5. The molecule has 3 atom stereocenters. The highest BCUT2D eigenvalue weighted by Gasteiger charge is 2.36. The van der Waals surface area contributed by atoms with Crippen LogP contribution in [0.25, 0.3) is 10.8 Å². The number of benzene rings is 2. The topological polar surface area (TPSA) is 106 Å². The zero-order valence-corrected chi connectivity index (χ0v) is 23.5. The first-order chi connectivity index (χ1) is 19.3. The number of hydrogen-bond donors (Lipinski definition) is 2. The molecule has 4 heterocycles. The number of rotatable bonds is 5. The van der Waals surface area contributed by atoms with E-state index < -0.39 is 6.09 Å². The number of carboxylic acid groups (broad SMARTS) is 1. The number of fused-ring (bicyclic) bond motifs is 2. The largest absolute Gasteiger partial charge is 0.508 e. The lowest BCUT2D eigenvalue weighted by atomic mass is 10.0. The van der Waals surface area contributed by atoms with E-state index in [-0.39, 0.29) is 17.8 Å². The summed E-state index contributed by atoms with van der Waals surface area (Å²) in [6.45, 7) is 7.90. The van der Waals surface area contributed by atoms with E-state index in [9.17, 15) is 15.0 Å². The molecule has 3 aromatic rings. The maximum absolute atomic E-state index is 11.8. The average molecular weight is 547 g/mol. The molecule has 2 aromatic carbocycles. The van der Waals surface area contributed by atoms with Crippen molar-refractivity contribution in [1.29, 1.82) is 0 Å². The van der Waals surface area contributed by atoms with Crippen LogP contribution in [-0.4, -0.2) is 94.0 Å². The maximum atomic E-state index is 11.8. The van der Waals surface area contributed by atoms with Crippen LogP contribution in [0.3, 0.4) is 0 Å². The second-order valence-electron chi connectivity index (χ2n) is 11.5. The van der Waals surface area contributed by atoms with Crippen molar-refractivity contribution in [2.24, 2.45) is 0 Å². The summed E-state index contributed by atoms with van der Waals surface area (Å²) in [6.07, 6.45) is 2.11. The van der Waals surface area contributed by atoms with E-state index in [1.807, 2.05) is 31.2 Å². The monoisotopic (exact) mass is 546 g/mol. The van der Waals surface area contributed by atoms with Gasteiger partial charge < -0.3 is 34.5 Å². The lowest BCUT2D eigenvalue weighted by Gasteiger charge is -2.44. The summed E-state index contributed by atoms with van der Waals surface area (Å²) in [7, 11) is 2.13. The minimum absolute atomic E-state index is 0.0341. The summed E-state index contributed by atoms with van der Waals surface area (Å²) in [5, 5.41) is 22.2. The molecule has 40 heavy (non-hydrogen) atoms. The van der Waals surface area contributed by atoms with E-state index in [4.69, 9.17) is 14.7 Å². The van der Waals surface area contributed by atoms with Gasteiger partial charge in [-0.3, -0.25) is 0 Å². The summed E-state index contributed by atoms with van der Waals surface area (Å²) >= 11 is 0. The van der Waals surface area contributed by atoms with Gasteiger partial charge in [-0.15, -0.1) is 0 Å². The van der Waals surface area contributed by atoms with Crippen molar-refractivity contribution in [3.8, 4) is 11.8 Å². The zero-order valence-electron chi connectivity index (χ0n) is 23.5. The van der Waals surface area contributed by atoms with Gasteiger partial charge in [0.25, 0.3) is 0 Å². The van der Waals surface area contributed by atoms with Gasteiger partial charge in [0, 0.05) is 60.5 Å². The van der Waals surface area contributed by atoms with Crippen molar-refractivity contribution >= 4 is 28.4 Å². The first-order valence-corrected chi connectivity index (χ1v) is 14.2. The second-order valence-corrected chi connectivity index (χ2v) is 11.5. The fourth-order valence-electron chi connectivity index (χ4n) is 6.48. The molecule has 0 radical (unpaired) electrons. The Kier molecular flexibility index (Phi) is 7.04. The van der Waals surface area contributed by atoms with Crippen LogP contribution in [0, 0.1) is 0 Å². The molecule has 3 aliphatic heterocycles. The SMILES string of the molecule is C[C@@H]1CN(c2nc(OC[C@@H]3CCCN3C)nc3c2CCN(c2cc(O)cc4ccccc24)C3)[C@@H](C)CN1C(=O)O. The number of amides is 1. The van der Waals surface area contributed by atoms with E-state index >= 15 is 0 Å². The highest BCUT2D eigenvalue weighted by molar-refractivity contribution is 5.95. The van der Waals surface area contributed by atoms with Gasteiger partial charge in [0.15, 0.2) is 0 Å². The molecule has 3 aliphatic rings. The van der Waals surface area contributed by atoms with Crippen LogP contribution in [0.4, 0.5) is 16.3 Å². The molecule has 1 amide bonds. The molecule has 0 spiro atoms. The summed E-state index contributed by atoms with van der Waals surface area (Å²) < 4.78 is 6.26. The molecule has 2 saturated heterocycles. The second kappa shape index (κ2) is 10.6. The minimum atomic E-state index is -0.887. The minimum Gasteiger partial charge on any atom is -0.508 e. The Labute approximate surface area is 234 Å². The molecule has 10 heteroatoms. The van der Waals surface area contributed by atoms with Crippen molar-refractivity contribution in [1.82, 2.24) is 19.8 Å². The van der Waals surface area contributed by atoms with Gasteiger partial charge in [0.1, 0.15) is 18.2 Å². The standard InChI is InChI=1S/C30H38N6O4/c1-19-16-36(30(38)39)20(2)15-35(19)28-25-10-12-34(27-14-23(37)13-21-7-4-5-9-24(21)27)17-26(25)31-29(32-28)40-18-22-8-6-11-33(22)3/h4-5,7,9,13-14,19-20,22,37H,6,8,10-12,15-18H2,1-3H3,(H,38,39)/t19-,20+,22-/m0/s1.